The summed E-state index contributed by atoms with van der Waals surface area (Å²) in [5, 5.41) is 0. The summed E-state index contributed by atoms with van der Waals surface area (Å²) in [5.74, 6) is 0.757. The summed E-state index contributed by atoms with van der Waals surface area (Å²) in [6.45, 7) is 13.9. The first-order valence-corrected chi connectivity index (χ1v) is 6.65. The highest BCUT2D eigenvalue weighted by Gasteiger charge is 2.27. The Morgan fingerprint density at radius 1 is 0.944 bits per heavy atom. The quantitative estimate of drug-likeness (QED) is 0.555. The highest BCUT2D eigenvalue weighted by Crippen LogP contribution is 2.36. The molecule has 18 heavy (non-hydrogen) atoms. The lowest BCUT2D eigenvalue weighted by atomic mass is 9.72. The molecule has 0 N–H and O–H groups in total. The van der Waals surface area contributed by atoms with E-state index in [9.17, 15) is 0 Å². The van der Waals surface area contributed by atoms with Crippen molar-refractivity contribution in [1.82, 2.24) is 0 Å². The molecule has 0 spiro atoms. The van der Waals surface area contributed by atoms with Gasteiger partial charge in [-0.2, -0.15) is 4.89 Å². The van der Waals surface area contributed by atoms with Gasteiger partial charge in [0.2, 0.25) is 0 Å². The summed E-state index contributed by atoms with van der Waals surface area (Å²) in [7, 11) is 0. The molecule has 0 atom stereocenters. The van der Waals surface area contributed by atoms with Crippen LogP contribution in [0.3, 0.4) is 0 Å². The second kappa shape index (κ2) is 5.75. The molecule has 0 unspecified atom stereocenters. The topological polar surface area (TPSA) is 18.5 Å². The molecule has 0 saturated carbocycles. The average molecular weight is 250 g/mol. The molecule has 102 valence electrons. The molecule has 0 aromatic heterocycles. The Balaban J connectivity index is 2.77. The summed E-state index contributed by atoms with van der Waals surface area (Å²) in [6.07, 6.45) is 1.14. The van der Waals surface area contributed by atoms with Crippen LogP contribution in [0.15, 0.2) is 24.3 Å². The average Bonchev–Trinajstić information content (AvgIpc) is 2.23. The van der Waals surface area contributed by atoms with Crippen LogP contribution >= 0.6 is 0 Å². The minimum Gasteiger partial charge on any atom is -0.338 e. The third-order valence-corrected chi connectivity index (χ3v) is 2.88. The minimum absolute atomic E-state index is 0.169. The van der Waals surface area contributed by atoms with Crippen molar-refractivity contribution in [2.24, 2.45) is 5.41 Å². The maximum absolute atomic E-state index is 5.12. The second-order valence-electron chi connectivity index (χ2n) is 6.64. The summed E-state index contributed by atoms with van der Waals surface area (Å²) >= 11 is 0. The van der Waals surface area contributed by atoms with Gasteiger partial charge in [0, 0.05) is 0 Å². The summed E-state index contributed by atoms with van der Waals surface area (Å²) < 4.78 is 0. The fourth-order valence-electron chi connectivity index (χ4n) is 2.52. The van der Waals surface area contributed by atoms with E-state index in [2.05, 4.69) is 46.8 Å². The Bertz CT molecular complexity index is 358. The van der Waals surface area contributed by atoms with Gasteiger partial charge in [-0.1, -0.05) is 46.8 Å². The molecule has 0 radical (unpaired) electrons. The SMILES string of the molecule is CCOOc1ccc(C(C)(C)CC(C)(C)C)cc1. The first-order chi connectivity index (χ1) is 8.24. The summed E-state index contributed by atoms with van der Waals surface area (Å²) in [4.78, 5) is 10.0. The number of hydrogen-bond donors (Lipinski definition) is 0. The lowest BCUT2D eigenvalue weighted by Crippen LogP contribution is -2.24. The van der Waals surface area contributed by atoms with Crippen molar-refractivity contribution < 1.29 is 9.78 Å². The monoisotopic (exact) mass is 250 g/mol. The predicted molar refractivity (Wildman–Crippen MR) is 75.8 cm³/mol. The van der Waals surface area contributed by atoms with Gasteiger partial charge in [0.1, 0.15) is 0 Å². The Labute approximate surface area is 111 Å². The van der Waals surface area contributed by atoms with Gasteiger partial charge in [-0.15, -0.1) is 0 Å². The lowest BCUT2D eigenvalue weighted by molar-refractivity contribution is -0.202. The molecule has 0 aliphatic rings. The normalized spacial score (nSPS) is 12.6. The summed E-state index contributed by atoms with van der Waals surface area (Å²) in [6, 6.07) is 8.19. The zero-order chi connectivity index (χ0) is 13.8. The molecule has 0 bridgehead atoms. The predicted octanol–water partition coefficient (Wildman–Crippen LogP) is 4.73. The third-order valence-electron chi connectivity index (χ3n) is 2.88. The van der Waals surface area contributed by atoms with Crippen LogP contribution in [0.5, 0.6) is 5.75 Å². The molecule has 0 amide bonds. The van der Waals surface area contributed by atoms with Crippen molar-refractivity contribution in [3.63, 3.8) is 0 Å². The molecule has 0 aliphatic carbocycles. The van der Waals surface area contributed by atoms with Crippen LogP contribution in [0.1, 0.15) is 53.5 Å². The van der Waals surface area contributed by atoms with Crippen LogP contribution in [0, 0.1) is 5.41 Å². The van der Waals surface area contributed by atoms with Crippen molar-refractivity contribution in [1.29, 1.82) is 0 Å². The van der Waals surface area contributed by atoms with E-state index in [1.54, 1.807) is 0 Å². The van der Waals surface area contributed by atoms with E-state index >= 15 is 0 Å². The van der Waals surface area contributed by atoms with Gasteiger partial charge in [-0.05, 0) is 41.9 Å². The third kappa shape index (κ3) is 4.69. The van der Waals surface area contributed by atoms with Crippen molar-refractivity contribution in [2.75, 3.05) is 6.61 Å². The molecular weight excluding hydrogens is 224 g/mol. The Morgan fingerprint density at radius 2 is 1.50 bits per heavy atom. The maximum atomic E-state index is 5.12. The largest absolute Gasteiger partial charge is 0.338 e. The molecule has 2 heteroatoms. The van der Waals surface area contributed by atoms with E-state index in [0.717, 1.165) is 12.2 Å². The first-order valence-electron chi connectivity index (χ1n) is 6.65. The fourth-order valence-corrected chi connectivity index (χ4v) is 2.52. The molecule has 2 nitrogen and oxygen atoms in total. The molecule has 1 aromatic carbocycles. The van der Waals surface area contributed by atoms with Crippen LogP contribution in [-0.2, 0) is 10.3 Å². The minimum atomic E-state index is 0.169. The van der Waals surface area contributed by atoms with Crippen molar-refractivity contribution in [3.05, 3.63) is 29.8 Å². The number of benzene rings is 1. The zero-order valence-electron chi connectivity index (χ0n) is 12.5. The zero-order valence-corrected chi connectivity index (χ0v) is 12.5. The first kappa shape index (κ1) is 15.0. The molecule has 0 aliphatic heterocycles. The van der Waals surface area contributed by atoms with Gasteiger partial charge in [-0.25, -0.2) is 0 Å². The van der Waals surface area contributed by atoms with E-state index in [4.69, 9.17) is 9.78 Å². The highest BCUT2D eigenvalue weighted by atomic mass is 17.2. The van der Waals surface area contributed by atoms with Gasteiger partial charge >= 0.3 is 0 Å². The molecule has 1 rings (SSSR count). The Kier molecular flexibility index (Phi) is 4.80. The molecule has 0 heterocycles. The number of hydrogen-bond acceptors (Lipinski definition) is 2. The van der Waals surface area contributed by atoms with Gasteiger partial charge in [-0.3, -0.25) is 0 Å². The summed E-state index contributed by atoms with van der Waals surface area (Å²) in [5.41, 5.74) is 1.83. The van der Waals surface area contributed by atoms with Gasteiger partial charge in [0.15, 0.2) is 5.75 Å². The Morgan fingerprint density at radius 3 is 1.94 bits per heavy atom. The molecule has 1 aromatic rings. The van der Waals surface area contributed by atoms with Crippen LogP contribution in [0.2, 0.25) is 0 Å². The number of rotatable bonds is 5. The standard InChI is InChI=1S/C16H26O2/c1-7-17-18-14-10-8-13(9-11-14)16(5,6)12-15(2,3)4/h8-11H,7,12H2,1-6H3. The van der Waals surface area contributed by atoms with E-state index in [1.165, 1.54) is 5.56 Å². The maximum Gasteiger partial charge on any atom is 0.165 e. The lowest BCUT2D eigenvalue weighted by Gasteiger charge is -2.33. The van der Waals surface area contributed by atoms with Crippen molar-refractivity contribution >= 4 is 0 Å². The van der Waals surface area contributed by atoms with Crippen LogP contribution in [0.25, 0.3) is 0 Å². The van der Waals surface area contributed by atoms with Crippen LogP contribution in [-0.4, -0.2) is 6.61 Å². The van der Waals surface area contributed by atoms with Gasteiger partial charge in [0.05, 0.1) is 6.61 Å². The van der Waals surface area contributed by atoms with Gasteiger partial charge in [0.25, 0.3) is 0 Å². The molecule has 0 saturated heterocycles. The fraction of sp³-hybridized carbons (Fsp3) is 0.625. The Hall–Kier alpha value is -1.02. The molecule has 0 fully saturated rings. The van der Waals surface area contributed by atoms with Crippen molar-refractivity contribution in [3.8, 4) is 5.75 Å². The van der Waals surface area contributed by atoms with Crippen LogP contribution in [0.4, 0.5) is 0 Å². The molecular formula is C16H26O2. The second-order valence-corrected chi connectivity index (χ2v) is 6.64. The highest BCUT2D eigenvalue weighted by molar-refractivity contribution is 5.31. The van der Waals surface area contributed by atoms with E-state index in [-0.39, 0.29) is 5.41 Å². The smallest absolute Gasteiger partial charge is 0.165 e. The van der Waals surface area contributed by atoms with Crippen LogP contribution < -0.4 is 4.89 Å². The van der Waals surface area contributed by atoms with E-state index < -0.39 is 0 Å². The van der Waals surface area contributed by atoms with E-state index in [1.807, 2.05) is 19.1 Å². The van der Waals surface area contributed by atoms with E-state index in [0.29, 0.717) is 12.0 Å². The van der Waals surface area contributed by atoms with Gasteiger partial charge < -0.3 is 4.89 Å². The van der Waals surface area contributed by atoms with Crippen molar-refractivity contribution in [2.45, 2.75) is 53.4 Å².